The lowest BCUT2D eigenvalue weighted by molar-refractivity contribution is 0.475. The molecule has 2 aromatic heterocycles. The Labute approximate surface area is 114 Å². The first-order valence-corrected chi connectivity index (χ1v) is 5.97. The van der Waals surface area contributed by atoms with E-state index in [4.69, 9.17) is 4.74 Å². The quantitative estimate of drug-likeness (QED) is 0.729. The summed E-state index contributed by atoms with van der Waals surface area (Å²) in [4.78, 5) is 12.1. The molecule has 0 saturated heterocycles. The fourth-order valence-electron chi connectivity index (χ4n) is 1.74. The second-order valence-electron chi connectivity index (χ2n) is 4.04. The highest BCUT2D eigenvalue weighted by atomic mass is 19.1. The molecule has 3 rings (SSSR count). The average molecular weight is 267 g/mol. The van der Waals surface area contributed by atoms with Gasteiger partial charge in [-0.25, -0.2) is 14.4 Å². The van der Waals surface area contributed by atoms with E-state index in [0.29, 0.717) is 22.9 Å². The van der Waals surface area contributed by atoms with Crippen molar-refractivity contribution >= 4 is 0 Å². The number of ether oxygens (including phenoxy) is 1. The van der Waals surface area contributed by atoms with Gasteiger partial charge in [-0.2, -0.15) is 0 Å². The molecule has 0 amide bonds. The largest absolute Gasteiger partial charge is 0.456 e. The summed E-state index contributed by atoms with van der Waals surface area (Å²) < 4.78 is 19.2. The van der Waals surface area contributed by atoms with Crippen molar-refractivity contribution in [2.45, 2.75) is 0 Å². The van der Waals surface area contributed by atoms with Crippen LogP contribution in [0.2, 0.25) is 0 Å². The molecule has 0 aliphatic carbocycles. The number of pyridine rings is 1. The molecule has 0 N–H and O–H groups in total. The fourth-order valence-corrected chi connectivity index (χ4v) is 1.74. The lowest BCUT2D eigenvalue weighted by Gasteiger charge is -2.07. The average Bonchev–Trinajstić information content (AvgIpc) is 2.49. The van der Waals surface area contributed by atoms with Gasteiger partial charge >= 0.3 is 0 Å². The normalized spacial score (nSPS) is 10.2. The number of aromatic nitrogens is 3. The molecule has 0 unspecified atom stereocenters. The van der Waals surface area contributed by atoms with Gasteiger partial charge in [0, 0.05) is 30.2 Å². The van der Waals surface area contributed by atoms with Crippen LogP contribution in [0.25, 0.3) is 11.4 Å². The maximum Gasteiger partial charge on any atom is 0.159 e. The third kappa shape index (κ3) is 2.77. The molecule has 0 aliphatic rings. The highest BCUT2D eigenvalue weighted by Crippen LogP contribution is 2.26. The number of hydrogen-bond donors (Lipinski definition) is 0. The van der Waals surface area contributed by atoms with E-state index in [0.717, 1.165) is 0 Å². The summed E-state index contributed by atoms with van der Waals surface area (Å²) in [6, 6.07) is 9.55. The number of nitrogens with zero attached hydrogens (tertiary/aromatic N) is 3. The zero-order chi connectivity index (χ0) is 13.8. The minimum absolute atomic E-state index is 0.375. The Morgan fingerprint density at radius 3 is 2.50 bits per heavy atom. The Balaban J connectivity index is 1.95. The third-order valence-corrected chi connectivity index (χ3v) is 2.57. The van der Waals surface area contributed by atoms with Gasteiger partial charge in [-0.15, -0.1) is 0 Å². The molecule has 0 bridgehead atoms. The topological polar surface area (TPSA) is 47.9 Å². The van der Waals surface area contributed by atoms with Gasteiger partial charge in [0.15, 0.2) is 5.82 Å². The summed E-state index contributed by atoms with van der Waals surface area (Å²) in [7, 11) is 0. The van der Waals surface area contributed by atoms with E-state index >= 15 is 0 Å². The summed E-state index contributed by atoms with van der Waals surface area (Å²) in [6.07, 6.45) is 6.41. The number of hydrogen-bond acceptors (Lipinski definition) is 4. The number of rotatable bonds is 3. The second kappa shape index (κ2) is 5.44. The summed E-state index contributed by atoms with van der Waals surface area (Å²) >= 11 is 0. The molecule has 5 heteroatoms. The number of halogens is 1. The Hall–Kier alpha value is -2.82. The van der Waals surface area contributed by atoms with E-state index in [1.165, 1.54) is 12.1 Å². The molecule has 98 valence electrons. The Bertz CT molecular complexity index is 705. The summed E-state index contributed by atoms with van der Waals surface area (Å²) in [5, 5.41) is 0. The first-order chi connectivity index (χ1) is 9.81. The highest BCUT2D eigenvalue weighted by Gasteiger charge is 2.07. The number of benzene rings is 1. The Morgan fingerprint density at radius 1 is 0.900 bits per heavy atom. The molecular weight excluding hydrogens is 257 g/mol. The van der Waals surface area contributed by atoms with Crippen molar-refractivity contribution < 1.29 is 9.13 Å². The third-order valence-electron chi connectivity index (χ3n) is 2.57. The molecule has 1 aromatic carbocycles. The first-order valence-electron chi connectivity index (χ1n) is 5.97. The second-order valence-corrected chi connectivity index (χ2v) is 4.04. The molecule has 0 aliphatic heterocycles. The van der Waals surface area contributed by atoms with E-state index in [-0.39, 0.29) is 0 Å². The molecule has 4 nitrogen and oxygen atoms in total. The standard InChI is InChI=1S/C15H10FN3O/c16-12-7-11(15-18-5-2-6-19-15)8-14(9-12)20-13-3-1-4-17-10-13/h1-10H. The zero-order valence-corrected chi connectivity index (χ0v) is 10.4. The highest BCUT2D eigenvalue weighted by molar-refractivity contribution is 5.57. The molecule has 20 heavy (non-hydrogen) atoms. The van der Waals surface area contributed by atoms with Crippen LogP contribution in [-0.2, 0) is 0 Å². The van der Waals surface area contributed by atoms with E-state index in [9.17, 15) is 4.39 Å². The van der Waals surface area contributed by atoms with E-state index in [1.807, 2.05) is 0 Å². The molecule has 0 atom stereocenters. The van der Waals surface area contributed by atoms with Gasteiger partial charge in [0.25, 0.3) is 0 Å². The van der Waals surface area contributed by atoms with Gasteiger partial charge in [-0.05, 0) is 30.3 Å². The van der Waals surface area contributed by atoms with Gasteiger partial charge < -0.3 is 4.74 Å². The van der Waals surface area contributed by atoms with Gasteiger partial charge in [0.1, 0.15) is 17.3 Å². The van der Waals surface area contributed by atoms with Crippen molar-refractivity contribution in [2.24, 2.45) is 0 Å². The van der Waals surface area contributed by atoms with Crippen LogP contribution in [0.1, 0.15) is 0 Å². The molecule has 0 saturated carbocycles. The lowest BCUT2D eigenvalue weighted by atomic mass is 10.2. The first kappa shape index (κ1) is 12.2. The van der Waals surface area contributed by atoms with Crippen LogP contribution in [0.4, 0.5) is 4.39 Å². The fraction of sp³-hybridized carbons (Fsp3) is 0. The molecule has 0 fully saturated rings. The Morgan fingerprint density at radius 2 is 1.75 bits per heavy atom. The predicted molar refractivity (Wildman–Crippen MR) is 71.7 cm³/mol. The predicted octanol–water partition coefficient (Wildman–Crippen LogP) is 3.47. The van der Waals surface area contributed by atoms with E-state index < -0.39 is 5.82 Å². The minimum Gasteiger partial charge on any atom is -0.456 e. The van der Waals surface area contributed by atoms with Crippen molar-refractivity contribution in [3.63, 3.8) is 0 Å². The van der Waals surface area contributed by atoms with Gasteiger partial charge in [-0.1, -0.05) is 0 Å². The van der Waals surface area contributed by atoms with Crippen LogP contribution < -0.4 is 4.74 Å². The lowest BCUT2D eigenvalue weighted by Crippen LogP contribution is -1.91. The molecular formula is C15H10FN3O. The van der Waals surface area contributed by atoms with Crippen LogP contribution in [0.5, 0.6) is 11.5 Å². The zero-order valence-electron chi connectivity index (χ0n) is 10.4. The van der Waals surface area contributed by atoms with Crippen LogP contribution in [0.3, 0.4) is 0 Å². The van der Waals surface area contributed by atoms with Gasteiger partial charge in [0.05, 0.1) is 6.20 Å². The van der Waals surface area contributed by atoms with Crippen molar-refractivity contribution in [2.75, 3.05) is 0 Å². The maximum absolute atomic E-state index is 13.7. The molecule has 2 heterocycles. The van der Waals surface area contributed by atoms with Crippen LogP contribution in [-0.4, -0.2) is 15.0 Å². The van der Waals surface area contributed by atoms with Gasteiger partial charge in [-0.3, -0.25) is 4.98 Å². The van der Waals surface area contributed by atoms with Crippen molar-refractivity contribution in [3.8, 4) is 22.9 Å². The van der Waals surface area contributed by atoms with Crippen molar-refractivity contribution in [1.82, 2.24) is 15.0 Å². The summed E-state index contributed by atoms with van der Waals surface area (Å²) in [5.74, 6) is 0.954. The van der Waals surface area contributed by atoms with Crippen molar-refractivity contribution in [3.05, 3.63) is 67.0 Å². The minimum atomic E-state index is -0.408. The monoisotopic (exact) mass is 267 g/mol. The smallest absolute Gasteiger partial charge is 0.159 e. The molecule has 0 spiro atoms. The van der Waals surface area contributed by atoms with Gasteiger partial charge in [0.2, 0.25) is 0 Å². The SMILES string of the molecule is Fc1cc(Oc2cccnc2)cc(-c2ncccn2)c1. The van der Waals surface area contributed by atoms with E-state index in [2.05, 4.69) is 15.0 Å². The van der Waals surface area contributed by atoms with Crippen molar-refractivity contribution in [1.29, 1.82) is 0 Å². The maximum atomic E-state index is 13.7. The van der Waals surface area contributed by atoms with E-state index in [1.54, 1.807) is 49.1 Å². The summed E-state index contributed by atoms with van der Waals surface area (Å²) in [5.41, 5.74) is 0.560. The van der Waals surface area contributed by atoms with Crippen LogP contribution in [0.15, 0.2) is 61.2 Å². The summed E-state index contributed by atoms with van der Waals surface area (Å²) in [6.45, 7) is 0. The van der Waals surface area contributed by atoms with Crippen LogP contribution in [0, 0.1) is 5.82 Å². The van der Waals surface area contributed by atoms with Crippen LogP contribution >= 0.6 is 0 Å². The molecule has 0 radical (unpaired) electrons. The molecule has 3 aromatic rings. The Kier molecular flexibility index (Phi) is 3.33.